The Kier molecular flexibility index (Phi) is 4.14. The fourth-order valence-corrected chi connectivity index (χ4v) is 4.26. The predicted octanol–water partition coefficient (Wildman–Crippen LogP) is 1.87. The molecule has 1 N–H and O–H groups in total. The number of thioether (sulfide) groups is 1. The van der Waals surface area contributed by atoms with Crippen LogP contribution in [0.15, 0.2) is 0 Å². The second kappa shape index (κ2) is 5.83. The van der Waals surface area contributed by atoms with Gasteiger partial charge in [-0.15, -0.1) is 0 Å². The van der Waals surface area contributed by atoms with Crippen molar-refractivity contribution < 1.29 is 4.79 Å². The molecule has 3 aliphatic rings. The van der Waals surface area contributed by atoms with Crippen LogP contribution in [0.3, 0.4) is 0 Å². The van der Waals surface area contributed by atoms with Crippen LogP contribution in [-0.2, 0) is 4.79 Å². The second-order valence-electron chi connectivity index (χ2n) is 5.98. The third kappa shape index (κ3) is 3.21. The third-order valence-electron chi connectivity index (χ3n) is 4.36. The lowest BCUT2D eigenvalue weighted by Gasteiger charge is -2.36. The SMILES string of the molecule is O=C1C(NC2CC2)CCCN1CC1CCSCC1. The zero-order valence-electron chi connectivity index (χ0n) is 11.1. The molecule has 1 amide bonds. The number of rotatable bonds is 4. The average molecular weight is 268 g/mol. The number of likely N-dealkylation sites (tertiary alicyclic amines) is 1. The van der Waals surface area contributed by atoms with Gasteiger partial charge in [0.15, 0.2) is 0 Å². The fraction of sp³-hybridized carbons (Fsp3) is 0.929. The summed E-state index contributed by atoms with van der Waals surface area (Å²) in [7, 11) is 0. The molecular formula is C14H24N2OS. The summed E-state index contributed by atoms with van der Waals surface area (Å²) in [4.78, 5) is 14.6. The number of nitrogens with one attached hydrogen (secondary N) is 1. The van der Waals surface area contributed by atoms with Crippen molar-refractivity contribution in [1.82, 2.24) is 10.2 Å². The van der Waals surface area contributed by atoms with Gasteiger partial charge in [-0.3, -0.25) is 4.79 Å². The molecule has 3 rings (SSSR count). The molecule has 3 fully saturated rings. The lowest BCUT2D eigenvalue weighted by atomic mass is 9.98. The zero-order chi connectivity index (χ0) is 12.4. The largest absolute Gasteiger partial charge is 0.341 e. The maximum absolute atomic E-state index is 12.4. The van der Waals surface area contributed by atoms with Crippen molar-refractivity contribution in [2.45, 2.75) is 50.6 Å². The molecule has 0 bridgehead atoms. The average Bonchev–Trinajstić information content (AvgIpc) is 3.20. The van der Waals surface area contributed by atoms with Crippen molar-refractivity contribution in [1.29, 1.82) is 0 Å². The van der Waals surface area contributed by atoms with E-state index in [4.69, 9.17) is 0 Å². The molecule has 2 saturated heterocycles. The monoisotopic (exact) mass is 268 g/mol. The van der Waals surface area contributed by atoms with E-state index in [0.29, 0.717) is 11.9 Å². The normalized spacial score (nSPS) is 30.8. The molecular weight excluding hydrogens is 244 g/mol. The van der Waals surface area contributed by atoms with E-state index in [1.54, 1.807) is 0 Å². The molecule has 3 nitrogen and oxygen atoms in total. The molecule has 0 aromatic rings. The van der Waals surface area contributed by atoms with Crippen molar-refractivity contribution in [2.24, 2.45) is 5.92 Å². The highest BCUT2D eigenvalue weighted by atomic mass is 32.2. The summed E-state index contributed by atoms with van der Waals surface area (Å²) in [5.41, 5.74) is 0. The van der Waals surface area contributed by atoms with E-state index in [2.05, 4.69) is 22.0 Å². The lowest BCUT2D eigenvalue weighted by Crippen LogP contribution is -2.52. The number of hydrogen-bond acceptors (Lipinski definition) is 3. The second-order valence-corrected chi connectivity index (χ2v) is 7.20. The Bertz CT molecular complexity index is 300. The number of nitrogens with zero attached hydrogens (tertiary/aromatic N) is 1. The molecule has 1 aliphatic carbocycles. The van der Waals surface area contributed by atoms with E-state index in [1.807, 2.05) is 0 Å². The van der Waals surface area contributed by atoms with E-state index < -0.39 is 0 Å². The minimum atomic E-state index is 0.129. The van der Waals surface area contributed by atoms with E-state index in [9.17, 15) is 4.79 Å². The summed E-state index contributed by atoms with van der Waals surface area (Å²) in [6, 6.07) is 0.772. The summed E-state index contributed by atoms with van der Waals surface area (Å²) in [5, 5.41) is 3.51. The summed E-state index contributed by atoms with van der Waals surface area (Å²) in [5.74, 6) is 3.72. The maximum atomic E-state index is 12.4. The minimum absolute atomic E-state index is 0.129. The van der Waals surface area contributed by atoms with Gasteiger partial charge in [0.2, 0.25) is 5.91 Å². The Morgan fingerprint density at radius 2 is 1.94 bits per heavy atom. The molecule has 2 heterocycles. The molecule has 0 aromatic heterocycles. The molecule has 1 unspecified atom stereocenters. The number of piperidine rings is 1. The maximum Gasteiger partial charge on any atom is 0.239 e. The third-order valence-corrected chi connectivity index (χ3v) is 5.41. The smallest absolute Gasteiger partial charge is 0.239 e. The first-order valence-electron chi connectivity index (χ1n) is 7.45. The first-order valence-corrected chi connectivity index (χ1v) is 8.61. The van der Waals surface area contributed by atoms with Gasteiger partial charge in [0.1, 0.15) is 0 Å². The first-order chi connectivity index (χ1) is 8.83. The molecule has 0 radical (unpaired) electrons. The van der Waals surface area contributed by atoms with Crippen molar-refractivity contribution in [3.63, 3.8) is 0 Å². The zero-order valence-corrected chi connectivity index (χ0v) is 11.9. The Morgan fingerprint density at radius 3 is 2.67 bits per heavy atom. The van der Waals surface area contributed by atoms with Crippen LogP contribution in [0.4, 0.5) is 0 Å². The van der Waals surface area contributed by atoms with Crippen molar-refractivity contribution >= 4 is 17.7 Å². The predicted molar refractivity (Wildman–Crippen MR) is 75.8 cm³/mol. The van der Waals surface area contributed by atoms with Crippen LogP contribution in [-0.4, -0.2) is 47.5 Å². The molecule has 4 heteroatoms. The van der Waals surface area contributed by atoms with Gasteiger partial charge in [-0.25, -0.2) is 0 Å². The van der Waals surface area contributed by atoms with Gasteiger partial charge in [0, 0.05) is 19.1 Å². The first kappa shape index (κ1) is 12.8. The van der Waals surface area contributed by atoms with Crippen LogP contribution in [0, 0.1) is 5.92 Å². The molecule has 18 heavy (non-hydrogen) atoms. The number of carbonyl (C=O) groups excluding carboxylic acids is 1. The van der Waals surface area contributed by atoms with E-state index in [0.717, 1.165) is 25.4 Å². The topological polar surface area (TPSA) is 32.3 Å². The van der Waals surface area contributed by atoms with Crippen molar-refractivity contribution in [3.8, 4) is 0 Å². The van der Waals surface area contributed by atoms with E-state index in [1.165, 1.54) is 43.6 Å². The van der Waals surface area contributed by atoms with Crippen LogP contribution in [0.25, 0.3) is 0 Å². The molecule has 0 aromatic carbocycles. The van der Waals surface area contributed by atoms with Crippen LogP contribution >= 0.6 is 11.8 Å². The van der Waals surface area contributed by atoms with Crippen LogP contribution in [0.1, 0.15) is 38.5 Å². The highest BCUT2D eigenvalue weighted by Crippen LogP contribution is 2.26. The van der Waals surface area contributed by atoms with Crippen molar-refractivity contribution in [2.75, 3.05) is 24.6 Å². The Labute approximate surface area is 114 Å². The van der Waals surface area contributed by atoms with E-state index >= 15 is 0 Å². The summed E-state index contributed by atoms with van der Waals surface area (Å²) < 4.78 is 0. The van der Waals surface area contributed by atoms with Gasteiger partial charge in [0.25, 0.3) is 0 Å². The number of hydrogen-bond donors (Lipinski definition) is 1. The standard InChI is InChI=1S/C14H24N2OS/c17-14-13(15-12-3-4-12)2-1-7-16(14)10-11-5-8-18-9-6-11/h11-13,15H,1-10H2. The number of carbonyl (C=O) groups is 1. The summed E-state index contributed by atoms with van der Waals surface area (Å²) >= 11 is 2.06. The minimum Gasteiger partial charge on any atom is -0.341 e. The van der Waals surface area contributed by atoms with Gasteiger partial charge >= 0.3 is 0 Å². The summed E-state index contributed by atoms with van der Waals surface area (Å²) in [6.45, 7) is 2.01. The molecule has 2 aliphatic heterocycles. The van der Waals surface area contributed by atoms with Crippen LogP contribution in [0.2, 0.25) is 0 Å². The van der Waals surface area contributed by atoms with Crippen LogP contribution in [0.5, 0.6) is 0 Å². The Hall–Kier alpha value is -0.220. The fourth-order valence-electron chi connectivity index (χ4n) is 3.05. The van der Waals surface area contributed by atoms with Gasteiger partial charge in [-0.1, -0.05) is 0 Å². The highest BCUT2D eigenvalue weighted by Gasteiger charge is 2.34. The highest BCUT2D eigenvalue weighted by molar-refractivity contribution is 7.99. The van der Waals surface area contributed by atoms with Crippen LogP contribution < -0.4 is 5.32 Å². The quantitative estimate of drug-likeness (QED) is 0.845. The van der Waals surface area contributed by atoms with Gasteiger partial charge in [-0.2, -0.15) is 11.8 Å². The Morgan fingerprint density at radius 1 is 1.17 bits per heavy atom. The lowest BCUT2D eigenvalue weighted by molar-refractivity contribution is -0.136. The van der Waals surface area contributed by atoms with Gasteiger partial charge < -0.3 is 10.2 Å². The molecule has 1 atom stereocenters. The molecule has 1 saturated carbocycles. The van der Waals surface area contributed by atoms with E-state index in [-0.39, 0.29) is 6.04 Å². The van der Waals surface area contributed by atoms with Gasteiger partial charge in [-0.05, 0) is 55.9 Å². The van der Waals surface area contributed by atoms with Gasteiger partial charge in [0.05, 0.1) is 6.04 Å². The molecule has 0 spiro atoms. The number of amides is 1. The van der Waals surface area contributed by atoms with Crippen molar-refractivity contribution in [3.05, 3.63) is 0 Å². The molecule has 102 valence electrons. The Balaban J connectivity index is 1.51. The summed E-state index contributed by atoms with van der Waals surface area (Å²) in [6.07, 6.45) is 7.36.